The van der Waals surface area contributed by atoms with E-state index in [1.54, 1.807) is 17.7 Å². The Labute approximate surface area is 93.9 Å². The second-order valence-corrected chi connectivity index (χ2v) is 3.33. The molecule has 1 aromatic carbocycles. The Bertz CT molecular complexity index is 310. The minimum absolute atomic E-state index is 0.164. The molecule has 0 aromatic heterocycles. The molecule has 0 aliphatic rings. The number of hydrogen-bond acceptors (Lipinski definition) is 2. The molecule has 0 aliphatic heterocycles. The summed E-state index contributed by atoms with van der Waals surface area (Å²) < 4.78 is 5.70. The van der Waals surface area contributed by atoms with Crippen LogP contribution < -0.4 is 4.74 Å². The molecule has 0 spiro atoms. The van der Waals surface area contributed by atoms with E-state index in [0.717, 1.165) is 17.7 Å². The van der Waals surface area contributed by atoms with E-state index >= 15 is 0 Å². The van der Waals surface area contributed by atoms with E-state index in [-0.39, 0.29) is 4.46 Å². The standard InChI is InChI=1S/C11H13O2.Li/c1-2-9-13-11-6-4-3-5-10(11)7-8-12;/h3-6H,2,7,9H2,1H3;. The summed E-state index contributed by atoms with van der Waals surface area (Å²) in [6.45, 7) is 2.77. The van der Waals surface area contributed by atoms with Crippen molar-refractivity contribution in [1.29, 1.82) is 0 Å². The Balaban J connectivity index is 2.74. The molecule has 0 amide bonds. The molecule has 0 saturated heterocycles. The van der Waals surface area contributed by atoms with Crippen molar-refractivity contribution in [3.63, 3.8) is 0 Å². The van der Waals surface area contributed by atoms with E-state index in [0.29, 0.717) is 13.0 Å². The van der Waals surface area contributed by atoms with Crippen LogP contribution in [-0.2, 0) is 11.2 Å². The van der Waals surface area contributed by atoms with E-state index < -0.39 is 0 Å². The molecule has 0 atom stereocenters. The van der Waals surface area contributed by atoms with E-state index in [2.05, 4.69) is 6.92 Å². The average molecular weight is 184 g/mol. The zero-order chi connectivity index (χ0) is 10.4. The van der Waals surface area contributed by atoms with E-state index in [1.165, 1.54) is 0 Å². The van der Waals surface area contributed by atoms with Gasteiger partial charge in [-0.25, -0.2) is 0 Å². The van der Waals surface area contributed by atoms with Gasteiger partial charge in [0.2, 0.25) is 0 Å². The van der Waals surface area contributed by atoms with Crippen LogP contribution in [0, 0.1) is 0 Å². The predicted octanol–water partition coefficient (Wildman–Crippen LogP) is 1.71. The van der Waals surface area contributed by atoms with Crippen molar-refractivity contribution in [1.82, 2.24) is 0 Å². The molecule has 0 aliphatic carbocycles. The molecule has 3 heteroatoms. The van der Waals surface area contributed by atoms with Gasteiger partial charge in [-0.15, -0.1) is 0 Å². The molecular weight excluding hydrogens is 171 g/mol. The third kappa shape index (κ3) is 3.57. The molecule has 1 rings (SSSR count). The number of hydrogen-bond donors (Lipinski definition) is 0. The van der Waals surface area contributed by atoms with Crippen LogP contribution >= 0.6 is 0 Å². The first-order chi connectivity index (χ1) is 6.74. The number of para-hydroxylation sites is 1. The zero-order valence-corrected chi connectivity index (χ0v) is 8.75. The van der Waals surface area contributed by atoms with Crippen LogP contribution in [0.1, 0.15) is 18.9 Å². The van der Waals surface area contributed by atoms with Crippen molar-refractivity contribution in [3.8, 4) is 5.75 Å². The number of rotatable bonds is 5. The van der Waals surface area contributed by atoms with Crippen LogP contribution in [0.2, 0.25) is 0 Å². The summed E-state index contributed by atoms with van der Waals surface area (Å²) in [5, 5.41) is 0. The van der Waals surface area contributed by atoms with Crippen molar-refractivity contribution in [2.45, 2.75) is 19.8 Å². The SMILES string of the molecule is [Li][C](=O)Cc1ccccc1OCCC. The Morgan fingerprint density at radius 1 is 1.43 bits per heavy atom. The van der Waals surface area contributed by atoms with Crippen LogP contribution in [0.4, 0.5) is 0 Å². The normalized spacial score (nSPS) is 9.93. The minimum atomic E-state index is 0.164. The summed E-state index contributed by atoms with van der Waals surface area (Å²) in [7, 11) is 0. The molecule has 70 valence electrons. The van der Waals surface area contributed by atoms with Crippen LogP contribution in [0.25, 0.3) is 0 Å². The van der Waals surface area contributed by atoms with Gasteiger partial charge in [0, 0.05) is 0 Å². The molecule has 0 bridgehead atoms. The Morgan fingerprint density at radius 2 is 2.14 bits per heavy atom. The van der Waals surface area contributed by atoms with Crippen LogP contribution in [0.5, 0.6) is 5.75 Å². The number of benzene rings is 1. The Morgan fingerprint density at radius 3 is 2.79 bits per heavy atom. The maximum atomic E-state index is 11.0. The molecular formula is C11H13LiO2. The van der Waals surface area contributed by atoms with Gasteiger partial charge >= 0.3 is 93.7 Å². The van der Waals surface area contributed by atoms with E-state index in [4.69, 9.17) is 4.74 Å². The molecule has 2 nitrogen and oxygen atoms in total. The fraction of sp³-hybridized carbons (Fsp3) is 0.364. The second-order valence-electron chi connectivity index (χ2n) is 3.33. The fourth-order valence-electron chi connectivity index (χ4n) is 1.27. The summed E-state index contributed by atoms with van der Waals surface area (Å²) in [4.78, 5) is 11.0. The third-order valence-corrected chi connectivity index (χ3v) is 1.87. The summed E-state index contributed by atoms with van der Waals surface area (Å²) in [6, 6.07) is 7.70. The van der Waals surface area contributed by atoms with Gasteiger partial charge in [-0.1, -0.05) is 0 Å². The third-order valence-electron chi connectivity index (χ3n) is 1.87. The first kappa shape index (κ1) is 11.4. The number of carbonyl (C=O) groups is 1. The van der Waals surface area contributed by atoms with Crippen molar-refractivity contribution >= 4 is 22.2 Å². The second kappa shape index (κ2) is 5.90. The molecule has 0 saturated carbocycles. The van der Waals surface area contributed by atoms with Crippen LogP contribution in [0.15, 0.2) is 24.3 Å². The van der Waals surface area contributed by atoms with Crippen molar-refractivity contribution in [3.05, 3.63) is 29.8 Å². The van der Waals surface area contributed by atoms with Crippen molar-refractivity contribution in [2.75, 3.05) is 6.61 Å². The molecule has 0 fully saturated rings. The van der Waals surface area contributed by atoms with Gasteiger partial charge < -0.3 is 0 Å². The van der Waals surface area contributed by atoms with E-state index in [1.807, 2.05) is 24.3 Å². The van der Waals surface area contributed by atoms with Gasteiger partial charge in [0.1, 0.15) is 0 Å². The monoisotopic (exact) mass is 184 g/mol. The fourth-order valence-corrected chi connectivity index (χ4v) is 1.27. The summed E-state index contributed by atoms with van der Waals surface area (Å²) in [6.07, 6.45) is 1.44. The summed E-state index contributed by atoms with van der Waals surface area (Å²) >= 11 is 1.59. The van der Waals surface area contributed by atoms with Gasteiger partial charge in [0.05, 0.1) is 0 Å². The topological polar surface area (TPSA) is 26.3 Å². The summed E-state index contributed by atoms with van der Waals surface area (Å²) in [5.74, 6) is 0.838. The number of carbonyl (C=O) groups excluding carboxylic acids is 1. The van der Waals surface area contributed by atoms with Crippen molar-refractivity contribution < 1.29 is 9.53 Å². The molecule has 0 heterocycles. The quantitative estimate of drug-likeness (QED) is 0.651. The van der Waals surface area contributed by atoms with Gasteiger partial charge in [-0.3, -0.25) is 0 Å². The predicted molar refractivity (Wildman–Crippen MR) is 56.7 cm³/mol. The van der Waals surface area contributed by atoms with Gasteiger partial charge in [0.15, 0.2) is 0 Å². The Kier molecular flexibility index (Phi) is 4.79. The molecule has 1 aromatic rings. The first-order valence-electron chi connectivity index (χ1n) is 4.94. The van der Waals surface area contributed by atoms with Gasteiger partial charge in [-0.05, 0) is 0 Å². The average Bonchev–Trinajstić information content (AvgIpc) is 2.16. The molecule has 0 unspecified atom stereocenters. The molecule has 0 N–H and O–H groups in total. The first-order valence-corrected chi connectivity index (χ1v) is 4.94. The van der Waals surface area contributed by atoms with Gasteiger partial charge in [0.25, 0.3) is 0 Å². The van der Waals surface area contributed by atoms with Crippen LogP contribution in [0.3, 0.4) is 0 Å². The summed E-state index contributed by atoms with van der Waals surface area (Å²) in [5.41, 5.74) is 0.980. The van der Waals surface area contributed by atoms with E-state index in [9.17, 15) is 4.79 Å². The van der Waals surface area contributed by atoms with Gasteiger partial charge in [-0.2, -0.15) is 0 Å². The van der Waals surface area contributed by atoms with Crippen molar-refractivity contribution in [2.24, 2.45) is 0 Å². The number of ether oxygens (including phenoxy) is 1. The van der Waals surface area contributed by atoms with Crippen LogP contribution in [-0.4, -0.2) is 28.8 Å². The zero-order valence-electron chi connectivity index (χ0n) is 8.75. The maximum absolute atomic E-state index is 11.0. The molecule has 14 heavy (non-hydrogen) atoms. The Hall–Kier alpha value is -0.713. The molecule has 0 radical (unpaired) electrons.